The summed E-state index contributed by atoms with van der Waals surface area (Å²) in [6, 6.07) is 29.9. The van der Waals surface area contributed by atoms with Gasteiger partial charge in [0, 0.05) is 21.5 Å². The number of fused-ring (bicyclic) bond motifs is 1. The molecule has 190 valence electrons. The van der Waals surface area contributed by atoms with Gasteiger partial charge in [0.15, 0.2) is 5.76 Å². The molecule has 38 heavy (non-hydrogen) atoms. The van der Waals surface area contributed by atoms with Crippen LogP contribution in [0, 0.1) is 0 Å². The number of ether oxygens (including phenoxy) is 1. The van der Waals surface area contributed by atoms with E-state index in [9.17, 15) is 9.59 Å². The van der Waals surface area contributed by atoms with E-state index in [4.69, 9.17) is 25.9 Å². The third-order valence-electron chi connectivity index (χ3n) is 6.24. The number of aliphatic carboxylic acids is 1. The molecule has 4 aromatic carbocycles. The van der Waals surface area contributed by atoms with Crippen LogP contribution in [-0.4, -0.2) is 17.2 Å². The first-order valence-electron chi connectivity index (χ1n) is 12.0. The van der Waals surface area contributed by atoms with E-state index in [2.05, 4.69) is 5.32 Å². The van der Waals surface area contributed by atoms with Crippen LogP contribution in [0.4, 0.5) is 10.5 Å². The molecule has 1 atom stereocenters. The second kappa shape index (κ2) is 10.8. The van der Waals surface area contributed by atoms with Gasteiger partial charge in [-0.05, 0) is 41.8 Å². The van der Waals surface area contributed by atoms with Crippen molar-refractivity contribution in [2.45, 2.75) is 19.4 Å². The van der Waals surface area contributed by atoms with Gasteiger partial charge in [-0.2, -0.15) is 0 Å². The first-order chi connectivity index (χ1) is 18.4. The highest BCUT2D eigenvalue weighted by Crippen LogP contribution is 2.39. The zero-order valence-electron chi connectivity index (χ0n) is 20.5. The van der Waals surface area contributed by atoms with E-state index in [-0.39, 0.29) is 6.42 Å². The number of anilines is 1. The molecule has 0 saturated carbocycles. The minimum atomic E-state index is -0.862. The highest BCUT2D eigenvalue weighted by Gasteiger charge is 2.21. The lowest BCUT2D eigenvalue weighted by atomic mass is 10.0. The van der Waals surface area contributed by atoms with Gasteiger partial charge in [0.05, 0.1) is 12.1 Å². The van der Waals surface area contributed by atoms with Crippen molar-refractivity contribution in [2.24, 2.45) is 0 Å². The molecule has 2 N–H and O–H groups in total. The summed E-state index contributed by atoms with van der Waals surface area (Å²) < 4.78 is 11.8. The van der Waals surface area contributed by atoms with Gasteiger partial charge in [0.2, 0.25) is 0 Å². The van der Waals surface area contributed by atoms with Gasteiger partial charge >= 0.3 is 12.1 Å². The Morgan fingerprint density at radius 2 is 1.47 bits per heavy atom. The van der Waals surface area contributed by atoms with Crippen LogP contribution in [0.5, 0.6) is 0 Å². The van der Waals surface area contributed by atoms with Gasteiger partial charge in [-0.1, -0.05) is 90.5 Å². The minimum absolute atomic E-state index is 0.0132. The van der Waals surface area contributed by atoms with Crippen LogP contribution in [0.2, 0.25) is 5.02 Å². The topological polar surface area (TPSA) is 88.8 Å². The number of hydrogen-bond acceptors (Lipinski definition) is 4. The first-order valence-corrected chi connectivity index (χ1v) is 12.4. The number of carboxylic acid groups (broad SMARTS) is 1. The zero-order valence-corrected chi connectivity index (χ0v) is 21.2. The summed E-state index contributed by atoms with van der Waals surface area (Å²) in [5.74, 6) is -0.351. The number of halogens is 1. The highest BCUT2D eigenvalue weighted by atomic mass is 35.5. The average molecular weight is 526 g/mol. The Labute approximate surface area is 224 Å². The van der Waals surface area contributed by atoms with Gasteiger partial charge in [-0.25, -0.2) is 4.79 Å². The molecule has 0 aliphatic rings. The maximum Gasteiger partial charge on any atom is 0.412 e. The standard InChI is InChI=1S/C31H24ClNO5/c1-19(24-6-2-4-8-26(24)32)37-31(36)33-29-25-7-3-5-9-27(25)38-30(29)23-16-14-22(15-17-23)21-12-10-20(11-13-21)18-28(34)35/h2-17,19H,18H2,1H3,(H,33,36)(H,34,35)/t19-/m1/s1. The number of furan rings is 1. The van der Waals surface area contributed by atoms with Gasteiger partial charge in [-0.3, -0.25) is 10.1 Å². The van der Waals surface area contributed by atoms with Crippen LogP contribution < -0.4 is 5.32 Å². The number of para-hydroxylation sites is 1. The molecule has 1 aromatic heterocycles. The fraction of sp³-hybridized carbons (Fsp3) is 0.0968. The molecule has 0 fully saturated rings. The monoisotopic (exact) mass is 525 g/mol. The van der Waals surface area contributed by atoms with Gasteiger partial charge in [-0.15, -0.1) is 0 Å². The molecule has 6 nitrogen and oxygen atoms in total. The average Bonchev–Trinajstić information content (AvgIpc) is 3.27. The number of rotatable bonds is 7. The number of hydrogen-bond donors (Lipinski definition) is 2. The van der Waals surface area contributed by atoms with Crippen molar-refractivity contribution in [3.05, 3.63) is 113 Å². The van der Waals surface area contributed by atoms with Crippen molar-refractivity contribution in [3.8, 4) is 22.5 Å². The van der Waals surface area contributed by atoms with E-state index in [1.807, 2.05) is 91.0 Å². The summed E-state index contributed by atoms with van der Waals surface area (Å²) in [4.78, 5) is 23.8. The molecule has 5 rings (SSSR count). The summed E-state index contributed by atoms with van der Waals surface area (Å²) in [6.07, 6.45) is -1.18. The lowest BCUT2D eigenvalue weighted by Crippen LogP contribution is -2.16. The van der Waals surface area contributed by atoms with Crippen LogP contribution in [0.1, 0.15) is 24.2 Å². The fourth-order valence-corrected chi connectivity index (χ4v) is 4.63. The number of amides is 1. The molecular weight excluding hydrogens is 502 g/mol. The number of benzene rings is 4. The second-order valence-corrected chi connectivity index (χ2v) is 9.25. The predicted molar refractivity (Wildman–Crippen MR) is 148 cm³/mol. The molecule has 0 aliphatic carbocycles. The second-order valence-electron chi connectivity index (χ2n) is 8.84. The molecule has 1 amide bonds. The van der Waals surface area contributed by atoms with E-state index in [0.29, 0.717) is 27.6 Å². The van der Waals surface area contributed by atoms with E-state index in [1.54, 1.807) is 13.0 Å². The Morgan fingerprint density at radius 1 is 0.868 bits per heavy atom. The zero-order chi connectivity index (χ0) is 26.6. The molecule has 0 spiro atoms. The first kappa shape index (κ1) is 25.1. The van der Waals surface area contributed by atoms with Crippen LogP contribution in [0.3, 0.4) is 0 Å². The Morgan fingerprint density at radius 3 is 2.16 bits per heavy atom. The summed E-state index contributed by atoms with van der Waals surface area (Å²) in [5.41, 5.74) is 5.32. The molecule has 1 heterocycles. The molecule has 0 unspecified atom stereocenters. The fourth-order valence-electron chi connectivity index (χ4n) is 4.34. The van der Waals surface area contributed by atoms with Crippen molar-refractivity contribution in [1.82, 2.24) is 0 Å². The molecular formula is C31H24ClNO5. The third-order valence-corrected chi connectivity index (χ3v) is 6.58. The van der Waals surface area contributed by atoms with E-state index in [1.165, 1.54) is 0 Å². The SMILES string of the molecule is C[C@@H](OC(=O)Nc1c(-c2ccc(-c3ccc(CC(=O)O)cc3)cc2)oc2ccccc12)c1ccccc1Cl. The molecule has 0 radical (unpaired) electrons. The number of carbonyl (C=O) groups excluding carboxylic acids is 1. The minimum Gasteiger partial charge on any atom is -0.481 e. The van der Waals surface area contributed by atoms with Gasteiger partial charge in [0.1, 0.15) is 11.7 Å². The third kappa shape index (κ3) is 5.41. The van der Waals surface area contributed by atoms with Crippen molar-refractivity contribution >= 4 is 40.3 Å². The van der Waals surface area contributed by atoms with Gasteiger partial charge < -0.3 is 14.3 Å². The Balaban J connectivity index is 1.40. The lowest BCUT2D eigenvalue weighted by Gasteiger charge is -2.15. The number of carboxylic acids is 1. The highest BCUT2D eigenvalue weighted by molar-refractivity contribution is 6.31. The van der Waals surface area contributed by atoms with Crippen molar-refractivity contribution in [1.29, 1.82) is 0 Å². The molecule has 0 saturated heterocycles. The van der Waals surface area contributed by atoms with Crippen LogP contribution in [0.15, 0.2) is 101 Å². The quantitative estimate of drug-likeness (QED) is 0.223. The van der Waals surface area contributed by atoms with Crippen molar-refractivity contribution in [3.63, 3.8) is 0 Å². The Bertz CT molecular complexity index is 1610. The van der Waals surface area contributed by atoms with E-state index in [0.717, 1.165) is 27.6 Å². The number of carbonyl (C=O) groups is 2. The van der Waals surface area contributed by atoms with Gasteiger partial charge in [0.25, 0.3) is 0 Å². The normalized spacial score (nSPS) is 11.7. The predicted octanol–water partition coefficient (Wildman–Crippen LogP) is 8.36. The summed E-state index contributed by atoms with van der Waals surface area (Å²) in [7, 11) is 0. The molecule has 7 heteroatoms. The largest absolute Gasteiger partial charge is 0.481 e. The van der Waals surface area contributed by atoms with E-state index >= 15 is 0 Å². The molecule has 0 bridgehead atoms. The smallest absolute Gasteiger partial charge is 0.412 e. The Hall–Kier alpha value is -4.55. The van der Waals surface area contributed by atoms with Crippen LogP contribution in [0.25, 0.3) is 33.4 Å². The Kier molecular flexibility index (Phi) is 7.15. The maximum atomic E-state index is 12.9. The maximum absolute atomic E-state index is 12.9. The summed E-state index contributed by atoms with van der Waals surface area (Å²) in [6.45, 7) is 1.77. The van der Waals surface area contributed by atoms with Crippen LogP contribution in [-0.2, 0) is 16.0 Å². The van der Waals surface area contributed by atoms with Crippen LogP contribution >= 0.6 is 11.6 Å². The summed E-state index contributed by atoms with van der Waals surface area (Å²) >= 11 is 6.26. The van der Waals surface area contributed by atoms with E-state index < -0.39 is 18.2 Å². The van der Waals surface area contributed by atoms with Crippen molar-refractivity contribution in [2.75, 3.05) is 5.32 Å². The molecule has 5 aromatic rings. The molecule has 0 aliphatic heterocycles. The number of nitrogens with one attached hydrogen (secondary N) is 1. The summed E-state index contributed by atoms with van der Waals surface area (Å²) in [5, 5.41) is 13.1. The lowest BCUT2D eigenvalue weighted by molar-refractivity contribution is -0.136. The van der Waals surface area contributed by atoms with Crippen molar-refractivity contribution < 1.29 is 23.8 Å².